The van der Waals surface area contributed by atoms with E-state index in [0.717, 1.165) is 4.47 Å². The normalized spacial score (nSPS) is 12.5. The standard InChI is InChI=1S/C10H15BrN2OS/c1-7(15-3)5-12-10(14)9-4-8(11)6-13(9)2/h4,6-7H,5H2,1-3H3,(H,12,14). The summed E-state index contributed by atoms with van der Waals surface area (Å²) in [6.07, 6.45) is 3.91. The van der Waals surface area contributed by atoms with Crippen molar-refractivity contribution in [2.45, 2.75) is 12.2 Å². The molecule has 0 bridgehead atoms. The Balaban J connectivity index is 2.58. The molecule has 3 nitrogen and oxygen atoms in total. The minimum atomic E-state index is -0.0240. The third kappa shape index (κ3) is 3.57. The Morgan fingerprint density at radius 2 is 2.40 bits per heavy atom. The largest absolute Gasteiger partial charge is 0.350 e. The fraction of sp³-hybridized carbons (Fsp3) is 0.500. The first-order valence-electron chi connectivity index (χ1n) is 4.67. The maximum atomic E-state index is 11.7. The zero-order valence-electron chi connectivity index (χ0n) is 9.08. The number of aromatic nitrogens is 1. The van der Waals surface area contributed by atoms with Gasteiger partial charge in [-0.15, -0.1) is 0 Å². The highest BCUT2D eigenvalue weighted by molar-refractivity contribution is 9.10. The second kappa shape index (κ2) is 5.61. The molecule has 0 fully saturated rings. The first kappa shape index (κ1) is 12.6. The monoisotopic (exact) mass is 290 g/mol. The number of carbonyl (C=O) groups is 1. The summed E-state index contributed by atoms with van der Waals surface area (Å²) in [5.41, 5.74) is 0.676. The fourth-order valence-electron chi connectivity index (χ4n) is 1.16. The molecular weight excluding hydrogens is 276 g/mol. The molecule has 0 radical (unpaired) electrons. The van der Waals surface area contributed by atoms with E-state index in [0.29, 0.717) is 17.5 Å². The molecule has 0 spiro atoms. The van der Waals surface area contributed by atoms with Gasteiger partial charge in [-0.1, -0.05) is 6.92 Å². The molecule has 5 heteroatoms. The summed E-state index contributed by atoms with van der Waals surface area (Å²) in [6.45, 7) is 2.79. The molecule has 0 saturated heterocycles. The van der Waals surface area contributed by atoms with Gasteiger partial charge < -0.3 is 9.88 Å². The number of rotatable bonds is 4. The van der Waals surface area contributed by atoms with Crippen molar-refractivity contribution in [3.63, 3.8) is 0 Å². The van der Waals surface area contributed by atoms with E-state index in [1.807, 2.05) is 30.1 Å². The number of hydrogen-bond donors (Lipinski definition) is 1. The molecule has 1 unspecified atom stereocenters. The minimum absolute atomic E-state index is 0.0240. The first-order chi connectivity index (χ1) is 7.04. The van der Waals surface area contributed by atoms with Gasteiger partial charge >= 0.3 is 0 Å². The summed E-state index contributed by atoms with van der Waals surface area (Å²) >= 11 is 5.08. The number of thioether (sulfide) groups is 1. The summed E-state index contributed by atoms with van der Waals surface area (Å²) in [5.74, 6) is -0.0240. The smallest absolute Gasteiger partial charge is 0.267 e. The fourth-order valence-corrected chi connectivity index (χ4v) is 1.93. The Hall–Kier alpha value is -0.420. The molecule has 1 atom stereocenters. The third-order valence-corrected chi connectivity index (χ3v) is 3.56. The van der Waals surface area contributed by atoms with Gasteiger partial charge in [-0.3, -0.25) is 4.79 Å². The van der Waals surface area contributed by atoms with Crippen LogP contribution in [0.3, 0.4) is 0 Å². The van der Waals surface area contributed by atoms with Crippen molar-refractivity contribution in [2.75, 3.05) is 12.8 Å². The Morgan fingerprint density at radius 3 is 2.87 bits per heavy atom. The lowest BCUT2D eigenvalue weighted by Crippen LogP contribution is -2.30. The van der Waals surface area contributed by atoms with Crippen molar-refractivity contribution in [3.05, 3.63) is 22.4 Å². The van der Waals surface area contributed by atoms with Crippen molar-refractivity contribution in [1.82, 2.24) is 9.88 Å². The minimum Gasteiger partial charge on any atom is -0.350 e. The maximum Gasteiger partial charge on any atom is 0.267 e. The van der Waals surface area contributed by atoms with Gasteiger partial charge in [0, 0.05) is 29.5 Å². The van der Waals surface area contributed by atoms with Crippen LogP contribution in [-0.4, -0.2) is 28.5 Å². The molecule has 1 N–H and O–H groups in total. The van der Waals surface area contributed by atoms with E-state index < -0.39 is 0 Å². The number of carbonyl (C=O) groups excluding carboxylic acids is 1. The van der Waals surface area contributed by atoms with Gasteiger partial charge in [0.2, 0.25) is 0 Å². The van der Waals surface area contributed by atoms with Crippen LogP contribution in [0.1, 0.15) is 17.4 Å². The highest BCUT2D eigenvalue weighted by atomic mass is 79.9. The van der Waals surface area contributed by atoms with Gasteiger partial charge in [-0.05, 0) is 28.3 Å². The van der Waals surface area contributed by atoms with Crippen LogP contribution in [0.15, 0.2) is 16.7 Å². The average Bonchev–Trinajstić information content (AvgIpc) is 2.53. The molecule has 0 saturated carbocycles. The van der Waals surface area contributed by atoms with Gasteiger partial charge in [-0.2, -0.15) is 11.8 Å². The number of halogens is 1. The quantitative estimate of drug-likeness (QED) is 0.923. The van der Waals surface area contributed by atoms with E-state index >= 15 is 0 Å². The van der Waals surface area contributed by atoms with Crippen LogP contribution >= 0.6 is 27.7 Å². The lowest BCUT2D eigenvalue weighted by atomic mass is 10.4. The summed E-state index contributed by atoms with van der Waals surface area (Å²) in [4.78, 5) is 11.7. The molecule has 15 heavy (non-hydrogen) atoms. The lowest BCUT2D eigenvalue weighted by Gasteiger charge is -2.09. The highest BCUT2D eigenvalue weighted by Crippen LogP contribution is 2.13. The molecule has 1 rings (SSSR count). The van der Waals surface area contributed by atoms with Crippen molar-refractivity contribution < 1.29 is 4.79 Å². The van der Waals surface area contributed by atoms with Gasteiger partial charge in [0.1, 0.15) is 5.69 Å². The van der Waals surface area contributed by atoms with Crippen molar-refractivity contribution in [1.29, 1.82) is 0 Å². The zero-order chi connectivity index (χ0) is 11.4. The van der Waals surface area contributed by atoms with E-state index in [-0.39, 0.29) is 5.91 Å². The van der Waals surface area contributed by atoms with Gasteiger partial charge in [0.15, 0.2) is 0 Å². The Kier molecular flexibility index (Phi) is 4.73. The number of nitrogens with one attached hydrogen (secondary N) is 1. The number of hydrogen-bond acceptors (Lipinski definition) is 2. The van der Waals surface area contributed by atoms with E-state index in [9.17, 15) is 4.79 Å². The number of nitrogens with zero attached hydrogens (tertiary/aromatic N) is 1. The van der Waals surface area contributed by atoms with E-state index in [1.165, 1.54) is 0 Å². The first-order valence-corrected chi connectivity index (χ1v) is 6.75. The summed E-state index contributed by atoms with van der Waals surface area (Å²) in [6, 6.07) is 1.82. The van der Waals surface area contributed by atoms with Crippen LogP contribution in [0.25, 0.3) is 0 Å². The van der Waals surface area contributed by atoms with E-state index in [4.69, 9.17) is 0 Å². The predicted octanol–water partition coefficient (Wildman–Crippen LogP) is 2.27. The van der Waals surface area contributed by atoms with Crippen molar-refractivity contribution in [2.24, 2.45) is 7.05 Å². The van der Waals surface area contributed by atoms with Gasteiger partial charge in [0.05, 0.1) is 0 Å². The third-order valence-electron chi connectivity index (χ3n) is 2.16. The molecule has 0 aliphatic heterocycles. The lowest BCUT2D eigenvalue weighted by molar-refractivity contribution is 0.0946. The second-order valence-corrected chi connectivity index (χ2v) is 5.60. The topological polar surface area (TPSA) is 34.0 Å². The summed E-state index contributed by atoms with van der Waals surface area (Å²) in [7, 11) is 1.86. The van der Waals surface area contributed by atoms with Crippen LogP contribution in [-0.2, 0) is 7.05 Å². The van der Waals surface area contributed by atoms with Crippen LogP contribution in [0.4, 0.5) is 0 Å². The average molecular weight is 291 g/mol. The molecule has 1 heterocycles. The molecular formula is C10H15BrN2OS. The Bertz CT molecular complexity index is 351. The molecule has 1 aromatic rings. The van der Waals surface area contributed by atoms with Gasteiger partial charge in [0.25, 0.3) is 5.91 Å². The Labute approximate surface area is 103 Å². The summed E-state index contributed by atoms with van der Waals surface area (Å²) < 4.78 is 2.73. The molecule has 0 aromatic carbocycles. The predicted molar refractivity (Wildman–Crippen MR) is 68.4 cm³/mol. The second-order valence-electron chi connectivity index (χ2n) is 3.41. The van der Waals surface area contributed by atoms with Crippen molar-refractivity contribution in [3.8, 4) is 0 Å². The maximum absolute atomic E-state index is 11.7. The SMILES string of the molecule is CSC(C)CNC(=O)c1cc(Br)cn1C. The van der Waals surface area contributed by atoms with Crippen LogP contribution in [0, 0.1) is 0 Å². The highest BCUT2D eigenvalue weighted by Gasteiger charge is 2.11. The van der Waals surface area contributed by atoms with Crippen LogP contribution < -0.4 is 5.32 Å². The molecule has 1 aromatic heterocycles. The van der Waals surface area contributed by atoms with Crippen molar-refractivity contribution >= 4 is 33.6 Å². The number of aryl methyl sites for hydroxylation is 1. The molecule has 84 valence electrons. The molecule has 0 aliphatic carbocycles. The summed E-state index contributed by atoms with van der Waals surface area (Å²) in [5, 5.41) is 3.34. The zero-order valence-corrected chi connectivity index (χ0v) is 11.5. The van der Waals surface area contributed by atoms with Gasteiger partial charge in [-0.25, -0.2) is 0 Å². The number of amides is 1. The molecule has 1 amide bonds. The molecule has 0 aliphatic rings. The van der Waals surface area contributed by atoms with Crippen LogP contribution in [0.5, 0.6) is 0 Å². The van der Waals surface area contributed by atoms with E-state index in [1.54, 1.807) is 11.8 Å². The van der Waals surface area contributed by atoms with Crippen LogP contribution in [0.2, 0.25) is 0 Å². The van der Waals surface area contributed by atoms with E-state index in [2.05, 4.69) is 28.2 Å². The Morgan fingerprint density at radius 1 is 1.73 bits per heavy atom.